The molecule has 1 fully saturated rings. The van der Waals surface area contributed by atoms with Crippen LogP contribution >= 0.6 is 12.2 Å². The molecule has 0 spiro atoms. The molecule has 0 radical (unpaired) electrons. The van der Waals surface area contributed by atoms with E-state index in [-0.39, 0.29) is 62.1 Å². The van der Waals surface area contributed by atoms with Gasteiger partial charge in [-0.25, -0.2) is 0 Å². The summed E-state index contributed by atoms with van der Waals surface area (Å²) in [6.07, 6.45) is 1.54. The second-order valence-corrected chi connectivity index (χ2v) is 4.20. The van der Waals surface area contributed by atoms with Crippen molar-refractivity contribution in [2.75, 3.05) is 13.1 Å². The van der Waals surface area contributed by atoms with Crippen molar-refractivity contribution in [3.63, 3.8) is 0 Å². The predicted molar refractivity (Wildman–Crippen MR) is 65.1 cm³/mol. The van der Waals surface area contributed by atoms with E-state index in [4.69, 9.17) is 12.2 Å². The zero-order valence-corrected chi connectivity index (χ0v) is 14.9. The number of hydrogen-bond donors (Lipinski definition) is 0. The Bertz CT molecular complexity index is 438. The fourth-order valence-electron chi connectivity index (χ4n) is 1.52. The van der Waals surface area contributed by atoms with Gasteiger partial charge in [0.2, 0.25) is 0 Å². The summed E-state index contributed by atoms with van der Waals surface area (Å²) in [6, 6.07) is 0. The summed E-state index contributed by atoms with van der Waals surface area (Å²) in [5.41, 5.74) is -0.277. The fourth-order valence-corrected chi connectivity index (χ4v) is 1.84. The van der Waals surface area contributed by atoms with Crippen molar-refractivity contribution in [1.82, 2.24) is 9.80 Å². The molecule has 0 saturated carbocycles. The maximum atomic E-state index is 11.8. The van der Waals surface area contributed by atoms with Gasteiger partial charge in [0.25, 0.3) is 11.8 Å². The molecule has 0 aromatic heterocycles. The van der Waals surface area contributed by atoms with Crippen LogP contribution in [0.5, 0.6) is 0 Å². The monoisotopic (exact) mass is 308 g/mol. The third kappa shape index (κ3) is 4.43. The first kappa shape index (κ1) is 18.9. The molecule has 0 unspecified atom stereocenters. The van der Waals surface area contributed by atoms with E-state index in [0.717, 1.165) is 11.3 Å². The fraction of sp³-hybridized carbons (Fsp3) is 0.455. The number of carboxylic acid groups (broad SMARTS) is 1. The number of aliphatic carboxylic acids is 1. The van der Waals surface area contributed by atoms with Gasteiger partial charge >= 0.3 is 51.4 Å². The molecule has 1 aliphatic rings. The normalized spacial score (nSPS) is 15.6. The molecule has 0 aliphatic carbocycles. The van der Waals surface area contributed by atoms with E-state index in [9.17, 15) is 19.5 Å². The minimum atomic E-state index is -1.44. The standard InChI is InChI=1S/C11H14N2O4S.K/c1-3-4-5-12-9(16)7(2)10(17)13(11(12)18)6-8(14)15;/h2-6H2,1H3,(H,14,15);/q;+1/p-1. The Morgan fingerprint density at radius 3 is 2.32 bits per heavy atom. The zero-order valence-electron chi connectivity index (χ0n) is 11.0. The Balaban J connectivity index is 0.00000324. The number of carboxylic acids is 1. The van der Waals surface area contributed by atoms with Gasteiger partial charge in [0, 0.05) is 6.54 Å². The number of carbonyl (C=O) groups excluding carboxylic acids is 3. The number of rotatable bonds is 5. The first-order valence-corrected chi connectivity index (χ1v) is 5.87. The molecule has 0 aromatic carbocycles. The van der Waals surface area contributed by atoms with Gasteiger partial charge in [-0.05, 0) is 18.6 Å². The van der Waals surface area contributed by atoms with Gasteiger partial charge in [0.05, 0.1) is 18.1 Å². The van der Waals surface area contributed by atoms with Crippen molar-refractivity contribution in [3.8, 4) is 0 Å². The number of carbonyl (C=O) groups is 3. The molecular formula is C11H13KN2O4S. The van der Waals surface area contributed by atoms with Crippen LogP contribution in [0, 0.1) is 0 Å². The Labute approximate surface area is 159 Å². The Morgan fingerprint density at radius 2 is 1.84 bits per heavy atom. The molecule has 98 valence electrons. The van der Waals surface area contributed by atoms with Crippen molar-refractivity contribution in [2.45, 2.75) is 19.8 Å². The molecule has 6 nitrogen and oxygen atoms in total. The number of nitrogens with zero attached hydrogens (tertiary/aromatic N) is 2. The molecule has 2 amide bonds. The van der Waals surface area contributed by atoms with E-state index in [0.29, 0.717) is 13.0 Å². The van der Waals surface area contributed by atoms with E-state index in [1.165, 1.54) is 4.90 Å². The molecule has 1 saturated heterocycles. The van der Waals surface area contributed by atoms with E-state index < -0.39 is 24.3 Å². The maximum absolute atomic E-state index is 11.8. The van der Waals surface area contributed by atoms with Crippen LogP contribution in [0.15, 0.2) is 12.2 Å². The van der Waals surface area contributed by atoms with E-state index in [2.05, 4.69) is 6.58 Å². The van der Waals surface area contributed by atoms with Crippen LogP contribution < -0.4 is 56.5 Å². The molecule has 0 bridgehead atoms. The molecule has 0 aromatic rings. The van der Waals surface area contributed by atoms with Gasteiger partial charge in [0.15, 0.2) is 5.11 Å². The number of amides is 2. The summed E-state index contributed by atoms with van der Waals surface area (Å²) in [7, 11) is 0. The molecule has 8 heteroatoms. The van der Waals surface area contributed by atoms with Crippen LogP contribution in [-0.4, -0.2) is 45.8 Å². The van der Waals surface area contributed by atoms with E-state index in [1.54, 1.807) is 0 Å². The Hall–Kier alpha value is -0.124. The second kappa shape index (κ2) is 8.23. The average molecular weight is 308 g/mol. The summed E-state index contributed by atoms with van der Waals surface area (Å²) in [4.78, 5) is 36.1. The largest absolute Gasteiger partial charge is 1.00 e. The van der Waals surface area contributed by atoms with Gasteiger partial charge in [-0.15, -0.1) is 0 Å². The van der Waals surface area contributed by atoms with Gasteiger partial charge in [0.1, 0.15) is 0 Å². The van der Waals surface area contributed by atoms with Crippen molar-refractivity contribution >= 4 is 35.1 Å². The van der Waals surface area contributed by atoms with Crippen LogP contribution in [0.2, 0.25) is 0 Å². The van der Waals surface area contributed by atoms with Gasteiger partial charge in [-0.3, -0.25) is 19.4 Å². The molecule has 1 heterocycles. The van der Waals surface area contributed by atoms with Crippen molar-refractivity contribution < 1.29 is 70.9 Å². The zero-order chi connectivity index (χ0) is 13.9. The van der Waals surface area contributed by atoms with E-state index in [1.807, 2.05) is 6.92 Å². The van der Waals surface area contributed by atoms with Crippen molar-refractivity contribution in [1.29, 1.82) is 0 Å². The van der Waals surface area contributed by atoms with Gasteiger partial charge in [-0.2, -0.15) is 0 Å². The smallest absolute Gasteiger partial charge is 0.548 e. The van der Waals surface area contributed by atoms with Crippen LogP contribution in [-0.2, 0) is 14.4 Å². The molecule has 1 rings (SSSR count). The molecular weight excluding hydrogens is 295 g/mol. The summed E-state index contributed by atoms with van der Waals surface area (Å²) >= 11 is 4.97. The summed E-state index contributed by atoms with van der Waals surface area (Å²) < 4.78 is 0. The number of hydrogen-bond acceptors (Lipinski definition) is 5. The molecule has 0 N–H and O–H groups in total. The average Bonchev–Trinajstić information content (AvgIpc) is 2.32. The van der Waals surface area contributed by atoms with Crippen LogP contribution in [0.4, 0.5) is 0 Å². The third-order valence-corrected chi connectivity index (χ3v) is 2.93. The quantitative estimate of drug-likeness (QED) is 0.224. The van der Waals surface area contributed by atoms with Crippen LogP contribution in [0.25, 0.3) is 0 Å². The minimum Gasteiger partial charge on any atom is -0.548 e. The Morgan fingerprint density at radius 1 is 1.32 bits per heavy atom. The van der Waals surface area contributed by atoms with Crippen molar-refractivity contribution in [3.05, 3.63) is 12.2 Å². The first-order valence-electron chi connectivity index (χ1n) is 5.46. The number of thiocarbonyl (C=S) groups is 1. The molecule has 19 heavy (non-hydrogen) atoms. The maximum Gasteiger partial charge on any atom is 1.00 e. The Kier molecular flexibility index (Phi) is 8.17. The molecule has 0 atom stereocenters. The molecule has 1 aliphatic heterocycles. The van der Waals surface area contributed by atoms with Crippen LogP contribution in [0.1, 0.15) is 19.8 Å². The van der Waals surface area contributed by atoms with Crippen molar-refractivity contribution in [2.24, 2.45) is 0 Å². The topological polar surface area (TPSA) is 80.8 Å². The third-order valence-electron chi connectivity index (χ3n) is 2.49. The summed E-state index contributed by atoms with van der Waals surface area (Å²) in [5, 5.41) is 10.5. The summed E-state index contributed by atoms with van der Waals surface area (Å²) in [6.45, 7) is 4.98. The SMILES string of the molecule is C=C1C(=O)N(CCCC)C(=S)N(CC(=O)[O-])C1=O.[K+]. The predicted octanol–water partition coefficient (Wildman–Crippen LogP) is -3.95. The second-order valence-electron chi connectivity index (χ2n) is 3.83. The van der Waals surface area contributed by atoms with Gasteiger partial charge < -0.3 is 9.90 Å². The van der Waals surface area contributed by atoms with Gasteiger partial charge in [-0.1, -0.05) is 19.9 Å². The number of unbranched alkanes of at least 4 members (excludes halogenated alkanes) is 1. The van der Waals surface area contributed by atoms with Crippen LogP contribution in [0.3, 0.4) is 0 Å². The van der Waals surface area contributed by atoms with E-state index >= 15 is 0 Å². The summed E-state index contributed by atoms with van der Waals surface area (Å²) in [5.74, 6) is -2.78. The first-order chi connectivity index (χ1) is 8.40. The minimum absolute atomic E-state index is 0.